The Morgan fingerprint density at radius 2 is 2.24 bits per heavy atom. The van der Waals surface area contributed by atoms with E-state index in [0.717, 1.165) is 43.0 Å². The zero-order valence-corrected chi connectivity index (χ0v) is 9.89. The van der Waals surface area contributed by atoms with E-state index in [4.69, 9.17) is 4.74 Å². The zero-order chi connectivity index (χ0) is 11.9. The van der Waals surface area contributed by atoms with Crippen LogP contribution in [0.5, 0.6) is 0 Å². The number of fused-ring (bicyclic) bond motifs is 1. The molecule has 0 unspecified atom stereocenters. The highest BCUT2D eigenvalue weighted by atomic mass is 16.5. The monoisotopic (exact) mass is 232 g/mol. The Kier molecular flexibility index (Phi) is 4.21. The number of hydrogen-bond acceptors (Lipinski definition) is 5. The van der Waals surface area contributed by atoms with Crippen molar-refractivity contribution in [1.29, 1.82) is 0 Å². The van der Waals surface area contributed by atoms with Crippen molar-refractivity contribution in [2.75, 3.05) is 25.1 Å². The van der Waals surface area contributed by atoms with Crippen LogP contribution in [-0.2, 0) is 4.74 Å². The minimum atomic E-state index is 0.717. The van der Waals surface area contributed by atoms with Gasteiger partial charge in [-0.3, -0.25) is 0 Å². The van der Waals surface area contributed by atoms with Gasteiger partial charge in [-0.2, -0.15) is 0 Å². The van der Waals surface area contributed by atoms with E-state index < -0.39 is 0 Å². The maximum atomic E-state index is 5.27. The Hall–Kier alpha value is -1.75. The van der Waals surface area contributed by atoms with Crippen molar-refractivity contribution < 1.29 is 4.74 Å². The van der Waals surface area contributed by atoms with Gasteiger partial charge in [0.25, 0.3) is 0 Å². The van der Waals surface area contributed by atoms with Crippen LogP contribution in [-0.4, -0.2) is 34.7 Å². The van der Waals surface area contributed by atoms with Crippen molar-refractivity contribution in [3.05, 3.63) is 24.7 Å². The molecule has 2 aromatic heterocycles. The number of ether oxygens (including phenoxy) is 1. The molecule has 1 N–H and O–H groups in total. The van der Waals surface area contributed by atoms with Gasteiger partial charge in [0.2, 0.25) is 0 Å². The van der Waals surface area contributed by atoms with Gasteiger partial charge in [-0.05, 0) is 25.5 Å². The summed E-state index contributed by atoms with van der Waals surface area (Å²) in [7, 11) is 0. The number of aromatic nitrogens is 3. The summed E-state index contributed by atoms with van der Waals surface area (Å²) in [6.45, 7) is 4.36. The Labute approximate surface area is 100 Å². The quantitative estimate of drug-likeness (QED) is 0.770. The van der Waals surface area contributed by atoms with Gasteiger partial charge in [0.05, 0.1) is 5.39 Å². The molecule has 0 fully saturated rings. The molecule has 0 aliphatic carbocycles. The van der Waals surface area contributed by atoms with Crippen LogP contribution in [0.2, 0.25) is 0 Å². The first-order valence-electron chi connectivity index (χ1n) is 5.79. The molecule has 17 heavy (non-hydrogen) atoms. The molecule has 0 saturated heterocycles. The molecule has 0 spiro atoms. The molecule has 0 radical (unpaired) electrons. The minimum absolute atomic E-state index is 0.717. The molecule has 0 amide bonds. The number of pyridine rings is 1. The lowest BCUT2D eigenvalue weighted by Gasteiger charge is -2.07. The highest BCUT2D eigenvalue weighted by molar-refractivity contribution is 5.85. The summed E-state index contributed by atoms with van der Waals surface area (Å²) < 4.78 is 5.27. The standard InChI is InChI=1S/C12H16N4O/c1-2-17-8-4-7-14-12-10-5-3-6-13-11(10)15-9-16-12/h3,5-6,9H,2,4,7-8H2,1H3,(H,13,14,15,16). The number of nitrogens with zero attached hydrogens (tertiary/aromatic N) is 3. The summed E-state index contributed by atoms with van der Waals surface area (Å²) in [4.78, 5) is 12.5. The van der Waals surface area contributed by atoms with E-state index in [1.54, 1.807) is 6.20 Å². The third-order valence-electron chi connectivity index (χ3n) is 2.37. The van der Waals surface area contributed by atoms with E-state index >= 15 is 0 Å². The summed E-state index contributed by atoms with van der Waals surface area (Å²) in [6, 6.07) is 3.85. The van der Waals surface area contributed by atoms with Crippen molar-refractivity contribution in [1.82, 2.24) is 15.0 Å². The Morgan fingerprint density at radius 1 is 1.29 bits per heavy atom. The van der Waals surface area contributed by atoms with Crippen LogP contribution in [0.25, 0.3) is 11.0 Å². The van der Waals surface area contributed by atoms with Gasteiger partial charge >= 0.3 is 0 Å². The number of nitrogens with one attached hydrogen (secondary N) is 1. The van der Waals surface area contributed by atoms with Gasteiger partial charge in [-0.25, -0.2) is 15.0 Å². The Morgan fingerprint density at radius 3 is 3.12 bits per heavy atom. The van der Waals surface area contributed by atoms with Crippen molar-refractivity contribution in [2.24, 2.45) is 0 Å². The van der Waals surface area contributed by atoms with Crippen LogP contribution in [0.4, 0.5) is 5.82 Å². The molecule has 0 saturated carbocycles. The van der Waals surface area contributed by atoms with E-state index in [9.17, 15) is 0 Å². The third-order valence-corrected chi connectivity index (χ3v) is 2.37. The molecule has 0 bridgehead atoms. The van der Waals surface area contributed by atoms with E-state index in [2.05, 4.69) is 20.3 Å². The molecule has 2 heterocycles. The average molecular weight is 232 g/mol. The molecule has 5 nitrogen and oxygen atoms in total. The van der Waals surface area contributed by atoms with E-state index in [1.165, 1.54) is 6.33 Å². The van der Waals surface area contributed by atoms with Crippen LogP contribution < -0.4 is 5.32 Å². The Bertz CT molecular complexity index is 470. The molecule has 0 aliphatic heterocycles. The molecular formula is C12H16N4O. The number of rotatable bonds is 6. The fraction of sp³-hybridized carbons (Fsp3) is 0.417. The lowest BCUT2D eigenvalue weighted by molar-refractivity contribution is 0.147. The second-order valence-corrected chi connectivity index (χ2v) is 3.57. The van der Waals surface area contributed by atoms with Crippen LogP contribution in [0.3, 0.4) is 0 Å². The van der Waals surface area contributed by atoms with Crippen LogP contribution >= 0.6 is 0 Å². The Balaban J connectivity index is 1.98. The molecule has 90 valence electrons. The van der Waals surface area contributed by atoms with Gasteiger partial charge < -0.3 is 10.1 Å². The number of anilines is 1. The summed E-state index contributed by atoms with van der Waals surface area (Å²) >= 11 is 0. The lowest BCUT2D eigenvalue weighted by atomic mass is 10.3. The van der Waals surface area contributed by atoms with Crippen molar-refractivity contribution in [2.45, 2.75) is 13.3 Å². The SMILES string of the molecule is CCOCCCNc1ncnc2ncccc12. The smallest absolute Gasteiger partial charge is 0.164 e. The van der Waals surface area contributed by atoms with E-state index in [-0.39, 0.29) is 0 Å². The second-order valence-electron chi connectivity index (χ2n) is 3.57. The average Bonchev–Trinajstić information content (AvgIpc) is 2.39. The number of hydrogen-bond donors (Lipinski definition) is 1. The third kappa shape index (κ3) is 3.10. The lowest BCUT2D eigenvalue weighted by Crippen LogP contribution is -2.07. The van der Waals surface area contributed by atoms with Gasteiger partial charge in [0, 0.05) is 26.0 Å². The minimum Gasteiger partial charge on any atom is -0.382 e. The van der Waals surface area contributed by atoms with E-state index in [1.807, 2.05) is 19.1 Å². The largest absolute Gasteiger partial charge is 0.382 e. The first-order chi connectivity index (χ1) is 8.42. The first kappa shape index (κ1) is 11.7. The summed E-state index contributed by atoms with van der Waals surface area (Å²) in [5.41, 5.74) is 0.717. The normalized spacial score (nSPS) is 10.6. The van der Waals surface area contributed by atoms with Gasteiger partial charge in [0.15, 0.2) is 5.65 Å². The molecule has 2 aromatic rings. The summed E-state index contributed by atoms with van der Waals surface area (Å²) in [5, 5.41) is 4.23. The predicted molar refractivity (Wildman–Crippen MR) is 66.9 cm³/mol. The fourth-order valence-electron chi connectivity index (χ4n) is 1.56. The molecule has 0 atom stereocenters. The molecule has 2 rings (SSSR count). The first-order valence-corrected chi connectivity index (χ1v) is 5.79. The molecule has 5 heteroatoms. The van der Waals surface area contributed by atoms with Gasteiger partial charge in [-0.15, -0.1) is 0 Å². The zero-order valence-electron chi connectivity index (χ0n) is 9.89. The topological polar surface area (TPSA) is 59.9 Å². The predicted octanol–water partition coefficient (Wildman–Crippen LogP) is 1.86. The second kappa shape index (κ2) is 6.10. The molecule has 0 aliphatic rings. The van der Waals surface area contributed by atoms with Gasteiger partial charge in [0.1, 0.15) is 12.1 Å². The van der Waals surface area contributed by atoms with Crippen molar-refractivity contribution >= 4 is 16.9 Å². The maximum Gasteiger partial charge on any atom is 0.164 e. The van der Waals surface area contributed by atoms with Crippen molar-refractivity contribution in [3.63, 3.8) is 0 Å². The highest BCUT2D eigenvalue weighted by Crippen LogP contribution is 2.15. The van der Waals surface area contributed by atoms with Gasteiger partial charge in [-0.1, -0.05) is 0 Å². The summed E-state index contributed by atoms with van der Waals surface area (Å²) in [6.07, 6.45) is 4.22. The van der Waals surface area contributed by atoms with Crippen LogP contribution in [0.15, 0.2) is 24.7 Å². The fourth-order valence-corrected chi connectivity index (χ4v) is 1.56. The molecule has 0 aromatic carbocycles. The highest BCUT2D eigenvalue weighted by Gasteiger charge is 2.02. The van der Waals surface area contributed by atoms with Crippen molar-refractivity contribution in [3.8, 4) is 0 Å². The van der Waals surface area contributed by atoms with E-state index in [0.29, 0.717) is 0 Å². The van der Waals surface area contributed by atoms with Crippen LogP contribution in [0, 0.1) is 0 Å². The summed E-state index contributed by atoms with van der Waals surface area (Å²) in [5.74, 6) is 0.833. The van der Waals surface area contributed by atoms with Crippen LogP contribution in [0.1, 0.15) is 13.3 Å². The molecular weight excluding hydrogens is 216 g/mol. The maximum absolute atomic E-state index is 5.27.